The van der Waals surface area contributed by atoms with Crippen molar-refractivity contribution in [1.82, 2.24) is 9.80 Å². The molecule has 1 aliphatic heterocycles. The topological polar surface area (TPSA) is 46.9 Å². The van der Waals surface area contributed by atoms with Gasteiger partial charge in [-0.25, -0.2) is 0 Å². The van der Waals surface area contributed by atoms with Crippen molar-refractivity contribution in [1.29, 1.82) is 0 Å². The smallest absolute Gasteiger partial charge is 0.152 e. The highest BCUT2D eigenvalue weighted by Gasteiger charge is 2.37. The molecule has 0 aromatic carbocycles. The minimum atomic E-state index is -0.219. The molecule has 1 heterocycles. The number of rotatable bonds is 12. The monoisotopic (exact) mass is 478 g/mol. The van der Waals surface area contributed by atoms with Gasteiger partial charge in [0.1, 0.15) is 13.1 Å². The van der Waals surface area contributed by atoms with Crippen molar-refractivity contribution in [3.63, 3.8) is 0 Å². The summed E-state index contributed by atoms with van der Waals surface area (Å²) >= 11 is 0. The number of aliphatic hydroxyl groups is 2. The Labute approximate surface area is 203 Å². The number of hydrogen-bond acceptors (Lipinski definition) is 4. The van der Waals surface area contributed by atoms with Gasteiger partial charge in [-0.05, 0) is 46.4 Å². The van der Waals surface area contributed by atoms with Crippen LogP contribution in [0.2, 0.25) is 0 Å². The Kier molecular flexibility index (Phi) is 30.2. The molecule has 7 heteroatoms. The van der Waals surface area contributed by atoms with Gasteiger partial charge in [0.15, 0.2) is 6.10 Å². The molecule has 2 N–H and O–H groups in total. The summed E-state index contributed by atoms with van der Waals surface area (Å²) < 4.78 is 1.08. The van der Waals surface area contributed by atoms with E-state index in [0.717, 1.165) is 56.6 Å². The first kappa shape index (κ1) is 37.7. The Morgan fingerprint density at radius 1 is 0.867 bits per heavy atom. The van der Waals surface area contributed by atoms with E-state index in [1.165, 1.54) is 32.2 Å². The van der Waals surface area contributed by atoms with Crippen molar-refractivity contribution in [2.24, 2.45) is 0 Å². The second-order valence-corrected chi connectivity index (χ2v) is 8.89. The summed E-state index contributed by atoms with van der Waals surface area (Å²) in [6.45, 7) is 17.8. The van der Waals surface area contributed by atoms with Crippen LogP contribution in [-0.4, -0.2) is 104 Å². The summed E-state index contributed by atoms with van der Waals surface area (Å²) in [5.41, 5.74) is 0. The minimum Gasteiger partial charge on any atom is -1.00 e. The Balaban J connectivity index is -0.000000115. The van der Waals surface area contributed by atoms with Gasteiger partial charge < -0.3 is 36.9 Å². The van der Waals surface area contributed by atoms with Crippen molar-refractivity contribution in [3.8, 4) is 0 Å². The zero-order chi connectivity index (χ0) is 22.0. The van der Waals surface area contributed by atoms with Crippen LogP contribution in [0, 0.1) is 0 Å². The molecule has 0 amide bonds. The van der Waals surface area contributed by atoms with E-state index in [2.05, 4.69) is 65.6 Å². The standard InChI is InChI=1S/C11H26N2O.C7H16NO.C5H12.2ClH.H2/c1-5-7-12(3)9-11(14)10-13(4)8-6-2;1-3-4-8(2)5-7(9)6-8;1-3-5-4-2;;;/h11,14H,5-10H2,1-4H3;7,9H,3-6H2,1-2H3;3-5H2,1-2H3;3*1H/q;+1;;;;/p-1/i;;;;;1+1. The van der Waals surface area contributed by atoms with Crippen LogP contribution in [0.15, 0.2) is 0 Å². The predicted molar refractivity (Wildman–Crippen MR) is 133 cm³/mol. The van der Waals surface area contributed by atoms with Crippen LogP contribution in [-0.2, 0) is 0 Å². The van der Waals surface area contributed by atoms with Gasteiger partial charge in [-0.15, -0.1) is 12.4 Å². The maximum absolute atomic E-state index is 9.76. The van der Waals surface area contributed by atoms with Crippen LogP contribution < -0.4 is 12.4 Å². The molecule has 1 fully saturated rings. The summed E-state index contributed by atoms with van der Waals surface area (Å²) in [5, 5.41) is 18.8. The second kappa shape index (κ2) is 24.0. The van der Waals surface area contributed by atoms with E-state index in [0.29, 0.717) is 0 Å². The highest BCUT2D eigenvalue weighted by Crippen LogP contribution is 2.17. The third-order valence-corrected chi connectivity index (χ3v) is 5.03. The van der Waals surface area contributed by atoms with Gasteiger partial charge in [-0.1, -0.05) is 53.9 Å². The zero-order valence-electron chi connectivity index (χ0n) is 21.4. The van der Waals surface area contributed by atoms with Crippen LogP contribution in [0.25, 0.3) is 0 Å². The number of nitrogens with zero attached hydrogens (tertiary/aromatic N) is 3. The molecule has 0 saturated carbocycles. The summed E-state index contributed by atoms with van der Waals surface area (Å²) in [5.74, 6) is 0. The van der Waals surface area contributed by atoms with E-state index in [1.807, 2.05) is 0 Å². The number of likely N-dealkylation sites (tertiary alicyclic amines) is 1. The highest BCUT2D eigenvalue weighted by molar-refractivity contribution is 5.85. The van der Waals surface area contributed by atoms with E-state index < -0.39 is 0 Å². The first-order valence-corrected chi connectivity index (χ1v) is 11.7. The largest absolute Gasteiger partial charge is 1.00 e. The third kappa shape index (κ3) is 23.1. The van der Waals surface area contributed by atoms with E-state index >= 15 is 0 Å². The Morgan fingerprint density at radius 2 is 1.27 bits per heavy atom. The lowest BCUT2D eigenvalue weighted by Crippen LogP contribution is -3.00. The molecule has 1 saturated heterocycles. The lowest BCUT2D eigenvalue weighted by atomic mass is 10.1. The maximum atomic E-state index is 9.76. The average Bonchev–Trinajstić information content (AvgIpc) is 2.55. The molecule has 5 nitrogen and oxygen atoms in total. The molecule has 0 aliphatic carbocycles. The van der Waals surface area contributed by atoms with Crippen molar-refractivity contribution >= 4 is 12.4 Å². The number of halogens is 2. The number of aliphatic hydroxyl groups excluding tert-OH is 2. The number of hydrogen-bond donors (Lipinski definition) is 2. The molecule has 0 bridgehead atoms. The minimum absolute atomic E-state index is 0. The maximum Gasteiger partial charge on any atom is 0.152 e. The average molecular weight is 480 g/mol. The Morgan fingerprint density at radius 3 is 1.50 bits per heavy atom. The lowest BCUT2D eigenvalue weighted by molar-refractivity contribution is -0.955. The fourth-order valence-corrected chi connectivity index (χ4v) is 3.76. The third-order valence-electron chi connectivity index (χ3n) is 5.03. The van der Waals surface area contributed by atoms with Crippen LogP contribution in [0.3, 0.4) is 0 Å². The molecule has 30 heavy (non-hydrogen) atoms. The molecule has 1 aliphatic rings. The van der Waals surface area contributed by atoms with Gasteiger partial charge in [-0.2, -0.15) is 0 Å². The van der Waals surface area contributed by atoms with E-state index in [-0.39, 0.29) is 38.4 Å². The van der Waals surface area contributed by atoms with Crippen molar-refractivity contribution in [3.05, 3.63) is 0 Å². The number of likely N-dealkylation sites (N-methyl/N-ethyl adjacent to an activating group) is 3. The van der Waals surface area contributed by atoms with Gasteiger partial charge >= 0.3 is 0 Å². The number of unbranched alkanes of at least 4 members (excludes halogenated alkanes) is 2. The van der Waals surface area contributed by atoms with Crippen LogP contribution in [0.1, 0.15) is 74.6 Å². The first-order chi connectivity index (χ1) is 13.2. The molecule has 0 radical (unpaired) electrons. The molecule has 0 aromatic rings. The van der Waals surface area contributed by atoms with Crippen molar-refractivity contribution in [2.45, 2.75) is 85.4 Å². The Bertz CT molecular complexity index is 318. The highest BCUT2D eigenvalue weighted by atomic mass is 35.5. The van der Waals surface area contributed by atoms with E-state index in [9.17, 15) is 5.11 Å². The molecule has 0 unspecified atom stereocenters. The summed E-state index contributed by atoms with van der Waals surface area (Å²) in [6, 6.07) is 0. The lowest BCUT2D eigenvalue weighted by Gasteiger charge is -2.45. The van der Waals surface area contributed by atoms with E-state index in [1.54, 1.807) is 0 Å². The van der Waals surface area contributed by atoms with Gasteiger partial charge in [-0.3, -0.25) is 0 Å². The van der Waals surface area contributed by atoms with Gasteiger partial charge in [0.25, 0.3) is 0 Å². The SMILES string of the molecule is CCCCC.CCCN(C)CC(O)CN(C)CCC.CCC[N+]1(C)CC(O)C1.Cl.[2HH].[Cl-]. The van der Waals surface area contributed by atoms with Crippen molar-refractivity contribution < 1.29 is 28.5 Å². The fourth-order valence-electron chi connectivity index (χ4n) is 3.76. The van der Waals surface area contributed by atoms with Gasteiger partial charge in [0.05, 0.1) is 19.7 Å². The fraction of sp³-hybridized carbons (Fsp3) is 1.00. The van der Waals surface area contributed by atoms with Gasteiger partial charge in [0, 0.05) is 14.5 Å². The summed E-state index contributed by atoms with van der Waals surface area (Å²) in [7, 11) is 6.33. The van der Waals surface area contributed by atoms with Crippen LogP contribution in [0.5, 0.6) is 0 Å². The molecule has 190 valence electrons. The van der Waals surface area contributed by atoms with Crippen LogP contribution in [0.4, 0.5) is 0 Å². The second-order valence-electron chi connectivity index (χ2n) is 8.89. The predicted octanol–water partition coefficient (Wildman–Crippen LogP) is 1.12. The Hall–Kier alpha value is 0.380. The normalized spacial score (nSPS) is 19.7. The summed E-state index contributed by atoms with van der Waals surface area (Å²) in [4.78, 5) is 4.37. The van der Waals surface area contributed by atoms with Crippen LogP contribution >= 0.6 is 12.4 Å². The zero-order valence-corrected chi connectivity index (χ0v) is 22.9. The van der Waals surface area contributed by atoms with Gasteiger partial charge in [0.2, 0.25) is 0 Å². The quantitative estimate of drug-likeness (QED) is 0.412. The van der Waals surface area contributed by atoms with E-state index in [4.69, 9.17) is 5.11 Å². The molecule has 0 spiro atoms. The molecular weight excluding hydrogens is 421 g/mol. The first-order valence-electron chi connectivity index (χ1n) is 11.7. The molecule has 0 atom stereocenters. The molecule has 1 rings (SSSR count). The molecule has 0 aromatic heterocycles. The number of quaternary nitrogens is 1. The molecular formula is C23H57Cl2N3O2. The summed E-state index contributed by atoms with van der Waals surface area (Å²) in [6.07, 6.45) is 7.36. The van der Waals surface area contributed by atoms with Crippen molar-refractivity contribution in [2.75, 3.05) is 67.0 Å².